The van der Waals surface area contributed by atoms with Gasteiger partial charge in [-0.15, -0.1) is 11.3 Å². The molecule has 0 unspecified atom stereocenters. The van der Waals surface area contributed by atoms with Crippen molar-refractivity contribution in [2.75, 3.05) is 0 Å². The number of thiazole rings is 1. The highest BCUT2D eigenvalue weighted by molar-refractivity contribution is 7.11. The van der Waals surface area contributed by atoms with Gasteiger partial charge in [0.2, 0.25) is 5.91 Å². The number of nitrogens with zero attached hydrogens (tertiary/aromatic N) is 2. The summed E-state index contributed by atoms with van der Waals surface area (Å²) in [5.74, 6) is -0.164. The lowest BCUT2D eigenvalue weighted by Crippen LogP contribution is -2.32. The third-order valence-electron chi connectivity index (χ3n) is 3.60. The smallest absolute Gasteiger partial charge is 0.328 e. The van der Waals surface area contributed by atoms with E-state index in [4.69, 9.17) is 0 Å². The second-order valence-electron chi connectivity index (χ2n) is 5.30. The Kier molecular flexibility index (Phi) is 4.57. The molecule has 0 atom stereocenters. The van der Waals surface area contributed by atoms with Crippen LogP contribution in [0.15, 0.2) is 40.1 Å². The Balaban J connectivity index is 1.70. The van der Waals surface area contributed by atoms with Crippen LogP contribution in [-0.4, -0.2) is 20.4 Å². The molecule has 2 aromatic heterocycles. The van der Waals surface area contributed by atoms with E-state index in [2.05, 4.69) is 15.3 Å². The molecule has 124 valence electrons. The minimum absolute atomic E-state index is 0.147. The van der Waals surface area contributed by atoms with Gasteiger partial charge in [0.15, 0.2) is 0 Å². The minimum atomic E-state index is -0.510. The summed E-state index contributed by atoms with van der Waals surface area (Å²) in [6.07, 6.45) is 1.88. The number of para-hydroxylation sites is 1. The first-order valence-corrected chi connectivity index (χ1v) is 8.26. The van der Waals surface area contributed by atoms with Crippen LogP contribution in [0.4, 0.5) is 0 Å². The van der Waals surface area contributed by atoms with E-state index in [9.17, 15) is 14.4 Å². The van der Waals surface area contributed by atoms with Crippen molar-refractivity contribution < 1.29 is 4.79 Å². The predicted molar refractivity (Wildman–Crippen MR) is 92.1 cm³/mol. The third kappa shape index (κ3) is 3.43. The Morgan fingerprint density at radius 1 is 1.33 bits per heavy atom. The molecule has 1 aromatic carbocycles. The van der Waals surface area contributed by atoms with Crippen LogP contribution in [0.25, 0.3) is 10.9 Å². The molecule has 1 amide bonds. The standard InChI is InChI=1S/C16H16N4O3S/c1-10-17-8-11(24-10)9-18-14(21)6-7-20-13-5-3-2-4-12(13)15(22)19-16(20)23/h2-5,8H,6-7,9H2,1H3,(H,18,21)(H,19,22,23). The van der Waals surface area contributed by atoms with Gasteiger partial charge in [0, 0.05) is 24.0 Å². The molecule has 3 aromatic rings. The molecular formula is C16H16N4O3S. The molecule has 0 spiro atoms. The molecule has 2 heterocycles. The SMILES string of the molecule is Cc1ncc(CNC(=O)CCn2c(=O)[nH]c(=O)c3ccccc32)s1. The van der Waals surface area contributed by atoms with Gasteiger partial charge < -0.3 is 5.32 Å². The average Bonchev–Trinajstić information content (AvgIpc) is 2.98. The van der Waals surface area contributed by atoms with Crippen molar-refractivity contribution in [1.29, 1.82) is 0 Å². The lowest BCUT2D eigenvalue weighted by atomic mass is 10.2. The number of aromatic nitrogens is 3. The van der Waals surface area contributed by atoms with Crippen LogP contribution in [0.2, 0.25) is 0 Å². The van der Waals surface area contributed by atoms with Gasteiger partial charge >= 0.3 is 5.69 Å². The summed E-state index contributed by atoms with van der Waals surface area (Å²) in [6, 6.07) is 6.83. The quantitative estimate of drug-likeness (QED) is 0.726. The first-order valence-electron chi connectivity index (χ1n) is 7.44. The van der Waals surface area contributed by atoms with E-state index < -0.39 is 11.2 Å². The number of hydrogen-bond acceptors (Lipinski definition) is 5. The van der Waals surface area contributed by atoms with Crippen LogP contribution >= 0.6 is 11.3 Å². The first kappa shape index (κ1) is 16.1. The number of hydrogen-bond donors (Lipinski definition) is 2. The van der Waals surface area contributed by atoms with Gasteiger partial charge in [0.1, 0.15) is 0 Å². The van der Waals surface area contributed by atoms with Gasteiger partial charge in [-0.25, -0.2) is 9.78 Å². The zero-order chi connectivity index (χ0) is 17.1. The Hall–Kier alpha value is -2.74. The first-order chi connectivity index (χ1) is 11.5. The van der Waals surface area contributed by atoms with Gasteiger partial charge in [0.25, 0.3) is 5.56 Å². The topological polar surface area (TPSA) is 96.8 Å². The number of rotatable bonds is 5. The number of carbonyl (C=O) groups is 1. The summed E-state index contributed by atoms with van der Waals surface area (Å²) in [7, 11) is 0. The molecule has 2 N–H and O–H groups in total. The van der Waals surface area contributed by atoms with Crippen LogP contribution in [0.1, 0.15) is 16.3 Å². The van der Waals surface area contributed by atoms with E-state index in [1.807, 2.05) is 6.92 Å². The fourth-order valence-electron chi connectivity index (χ4n) is 2.44. The van der Waals surface area contributed by atoms with E-state index in [0.717, 1.165) is 9.88 Å². The zero-order valence-electron chi connectivity index (χ0n) is 13.0. The number of fused-ring (bicyclic) bond motifs is 1. The van der Waals surface area contributed by atoms with Gasteiger partial charge in [-0.2, -0.15) is 0 Å². The molecule has 7 nitrogen and oxygen atoms in total. The van der Waals surface area contributed by atoms with Crippen LogP contribution in [0, 0.1) is 6.92 Å². The van der Waals surface area contributed by atoms with E-state index in [-0.39, 0.29) is 18.9 Å². The van der Waals surface area contributed by atoms with Crippen molar-refractivity contribution in [3.63, 3.8) is 0 Å². The van der Waals surface area contributed by atoms with Crippen molar-refractivity contribution in [3.05, 3.63) is 61.2 Å². The molecule has 0 saturated carbocycles. The van der Waals surface area contributed by atoms with Crippen LogP contribution in [-0.2, 0) is 17.9 Å². The van der Waals surface area contributed by atoms with E-state index in [1.54, 1.807) is 30.5 Å². The Morgan fingerprint density at radius 3 is 2.88 bits per heavy atom. The molecule has 0 aliphatic heterocycles. The van der Waals surface area contributed by atoms with Gasteiger partial charge in [-0.3, -0.25) is 19.1 Å². The summed E-state index contributed by atoms with van der Waals surface area (Å²) in [6.45, 7) is 2.53. The number of carbonyl (C=O) groups excluding carboxylic acids is 1. The monoisotopic (exact) mass is 344 g/mol. The summed E-state index contributed by atoms with van der Waals surface area (Å²) in [5.41, 5.74) is -0.404. The van der Waals surface area contributed by atoms with Gasteiger partial charge in [-0.05, 0) is 19.1 Å². The van der Waals surface area contributed by atoms with Crippen molar-refractivity contribution in [2.24, 2.45) is 0 Å². The predicted octanol–water partition coefficient (Wildman–Crippen LogP) is 1.16. The third-order valence-corrected chi connectivity index (χ3v) is 4.51. The number of amides is 1. The highest BCUT2D eigenvalue weighted by Crippen LogP contribution is 2.11. The normalized spacial score (nSPS) is 10.9. The molecule has 24 heavy (non-hydrogen) atoms. The second kappa shape index (κ2) is 6.79. The lowest BCUT2D eigenvalue weighted by Gasteiger charge is -2.09. The fraction of sp³-hybridized carbons (Fsp3) is 0.250. The van der Waals surface area contributed by atoms with Crippen molar-refractivity contribution in [1.82, 2.24) is 19.9 Å². The molecule has 0 bridgehead atoms. The van der Waals surface area contributed by atoms with Crippen molar-refractivity contribution in [3.8, 4) is 0 Å². The van der Waals surface area contributed by atoms with Crippen LogP contribution in [0.3, 0.4) is 0 Å². The fourth-order valence-corrected chi connectivity index (χ4v) is 3.17. The molecule has 3 rings (SSSR count). The summed E-state index contributed by atoms with van der Waals surface area (Å²) in [4.78, 5) is 43.2. The largest absolute Gasteiger partial charge is 0.351 e. The van der Waals surface area contributed by atoms with E-state index >= 15 is 0 Å². The molecule has 8 heteroatoms. The maximum Gasteiger partial charge on any atom is 0.328 e. The van der Waals surface area contributed by atoms with Crippen LogP contribution in [0.5, 0.6) is 0 Å². The Labute approximate surface area is 141 Å². The minimum Gasteiger partial charge on any atom is -0.351 e. The van der Waals surface area contributed by atoms with Crippen molar-refractivity contribution in [2.45, 2.75) is 26.4 Å². The molecule has 0 aliphatic carbocycles. The molecule has 0 fully saturated rings. The lowest BCUT2D eigenvalue weighted by molar-refractivity contribution is -0.121. The molecule has 0 aliphatic rings. The highest BCUT2D eigenvalue weighted by atomic mass is 32.1. The summed E-state index contributed by atoms with van der Waals surface area (Å²) in [5, 5.41) is 4.18. The second-order valence-corrected chi connectivity index (χ2v) is 6.62. The number of nitrogens with one attached hydrogen (secondary N) is 2. The molecule has 0 saturated heterocycles. The maximum absolute atomic E-state index is 12.0. The Bertz CT molecular complexity index is 1000. The van der Waals surface area contributed by atoms with E-state index in [0.29, 0.717) is 17.4 Å². The number of H-pyrrole nitrogens is 1. The van der Waals surface area contributed by atoms with Gasteiger partial charge in [-0.1, -0.05) is 12.1 Å². The summed E-state index contributed by atoms with van der Waals surface area (Å²) >= 11 is 1.53. The van der Waals surface area contributed by atoms with Crippen LogP contribution < -0.4 is 16.6 Å². The van der Waals surface area contributed by atoms with Gasteiger partial charge in [0.05, 0.1) is 22.5 Å². The highest BCUT2D eigenvalue weighted by Gasteiger charge is 2.09. The summed E-state index contributed by atoms with van der Waals surface area (Å²) < 4.78 is 1.41. The molecule has 0 radical (unpaired) electrons. The molecular weight excluding hydrogens is 328 g/mol. The zero-order valence-corrected chi connectivity index (χ0v) is 13.9. The number of aryl methyl sites for hydroxylation is 2. The Morgan fingerprint density at radius 2 is 2.12 bits per heavy atom. The number of benzene rings is 1. The van der Waals surface area contributed by atoms with E-state index in [1.165, 1.54) is 15.9 Å². The van der Waals surface area contributed by atoms with Crippen molar-refractivity contribution >= 4 is 28.1 Å². The maximum atomic E-state index is 12.0. The number of aromatic amines is 1. The average molecular weight is 344 g/mol.